The minimum Gasteiger partial charge on any atom is -0.341 e. The summed E-state index contributed by atoms with van der Waals surface area (Å²) in [6.45, 7) is 1.99. The normalized spacial score (nSPS) is 16.1. The predicted molar refractivity (Wildman–Crippen MR) is 110 cm³/mol. The lowest BCUT2D eigenvalue weighted by molar-refractivity contribution is 0.599. The van der Waals surface area contributed by atoms with Crippen molar-refractivity contribution in [2.45, 2.75) is 17.9 Å². The summed E-state index contributed by atoms with van der Waals surface area (Å²) >= 11 is 0. The fourth-order valence-corrected chi connectivity index (χ4v) is 4.73. The van der Waals surface area contributed by atoms with Crippen molar-refractivity contribution in [2.24, 2.45) is 0 Å². The van der Waals surface area contributed by atoms with E-state index in [1.54, 1.807) is 54.7 Å². The summed E-state index contributed by atoms with van der Waals surface area (Å²) in [4.78, 5) is 2.30. The SMILES string of the molecule is CC1c2cc(F)ccc2-c2ccccc2N1C=CCS(=O)(=O)c1ccccc1. The van der Waals surface area contributed by atoms with Gasteiger partial charge in [-0.1, -0.05) is 48.5 Å². The van der Waals surface area contributed by atoms with Gasteiger partial charge in [0.1, 0.15) is 5.82 Å². The van der Waals surface area contributed by atoms with Gasteiger partial charge in [-0.15, -0.1) is 0 Å². The Labute approximate surface area is 164 Å². The predicted octanol–water partition coefficient (Wildman–Crippen LogP) is 5.36. The molecule has 0 aromatic heterocycles. The molecule has 0 fully saturated rings. The molecule has 0 saturated carbocycles. The van der Waals surface area contributed by atoms with Crippen molar-refractivity contribution in [3.05, 3.63) is 96.5 Å². The first-order valence-corrected chi connectivity index (χ1v) is 10.7. The number of nitrogens with zero attached hydrogens (tertiary/aromatic N) is 1. The standard InChI is InChI=1S/C23H20FNO2S/c1-17-22-16-18(24)12-13-20(22)21-10-5-6-11-23(21)25(17)14-7-15-28(26,27)19-8-3-2-4-9-19/h2-14,16-17H,15H2,1H3. The molecule has 28 heavy (non-hydrogen) atoms. The number of benzene rings is 3. The molecule has 0 radical (unpaired) electrons. The largest absolute Gasteiger partial charge is 0.341 e. The molecule has 1 heterocycles. The monoisotopic (exact) mass is 393 g/mol. The quantitative estimate of drug-likeness (QED) is 0.599. The molecule has 1 aliphatic heterocycles. The number of rotatable bonds is 4. The van der Waals surface area contributed by atoms with Crippen LogP contribution in [0.4, 0.5) is 10.1 Å². The smallest absolute Gasteiger partial charge is 0.181 e. The number of hydrogen-bond acceptors (Lipinski definition) is 3. The molecule has 3 aromatic carbocycles. The first-order chi connectivity index (χ1) is 13.5. The topological polar surface area (TPSA) is 37.4 Å². The number of fused-ring (bicyclic) bond motifs is 3. The van der Waals surface area contributed by atoms with Crippen LogP contribution in [0.25, 0.3) is 11.1 Å². The van der Waals surface area contributed by atoms with Crippen molar-refractivity contribution in [1.29, 1.82) is 0 Å². The van der Waals surface area contributed by atoms with E-state index in [-0.39, 0.29) is 17.6 Å². The van der Waals surface area contributed by atoms with Crippen LogP contribution in [0, 0.1) is 5.82 Å². The second-order valence-corrected chi connectivity index (χ2v) is 8.85. The Morgan fingerprint density at radius 2 is 1.68 bits per heavy atom. The molecule has 0 N–H and O–H groups in total. The van der Waals surface area contributed by atoms with E-state index in [0.717, 1.165) is 22.4 Å². The van der Waals surface area contributed by atoms with Gasteiger partial charge in [-0.25, -0.2) is 12.8 Å². The van der Waals surface area contributed by atoms with Gasteiger partial charge in [-0.05, 0) is 48.4 Å². The Balaban J connectivity index is 1.67. The number of hydrogen-bond donors (Lipinski definition) is 0. The van der Waals surface area contributed by atoms with Crippen LogP contribution in [-0.4, -0.2) is 14.2 Å². The first kappa shape index (κ1) is 18.4. The average molecular weight is 393 g/mol. The zero-order valence-corrected chi connectivity index (χ0v) is 16.2. The van der Waals surface area contributed by atoms with Crippen molar-refractivity contribution in [3.63, 3.8) is 0 Å². The molecule has 1 atom stereocenters. The summed E-state index contributed by atoms with van der Waals surface area (Å²) in [6, 6.07) is 21.0. The highest BCUT2D eigenvalue weighted by Crippen LogP contribution is 2.44. The Bertz CT molecular complexity index is 1140. The number of halogens is 1. The van der Waals surface area contributed by atoms with Crippen LogP contribution >= 0.6 is 0 Å². The van der Waals surface area contributed by atoms with Gasteiger partial charge in [-0.2, -0.15) is 0 Å². The molecule has 0 saturated heterocycles. The molecular weight excluding hydrogens is 373 g/mol. The van der Waals surface area contributed by atoms with Crippen LogP contribution in [0.1, 0.15) is 18.5 Å². The summed E-state index contributed by atoms with van der Waals surface area (Å²) in [6.07, 6.45) is 3.44. The van der Waals surface area contributed by atoms with Gasteiger partial charge < -0.3 is 4.90 Å². The third kappa shape index (κ3) is 3.34. The molecule has 0 spiro atoms. The lowest BCUT2D eigenvalue weighted by atomic mass is 9.89. The molecule has 142 valence electrons. The molecule has 4 rings (SSSR count). The van der Waals surface area contributed by atoms with Gasteiger partial charge >= 0.3 is 0 Å². The van der Waals surface area contributed by atoms with Crippen LogP contribution < -0.4 is 4.90 Å². The summed E-state index contributed by atoms with van der Waals surface area (Å²) in [5.41, 5.74) is 3.87. The molecular formula is C23H20FNO2S. The molecule has 3 aromatic rings. The molecule has 5 heteroatoms. The minimum absolute atomic E-state index is 0.0988. The van der Waals surface area contributed by atoms with Crippen LogP contribution in [0.15, 0.2) is 90.0 Å². The van der Waals surface area contributed by atoms with Gasteiger partial charge in [0.05, 0.1) is 16.7 Å². The zero-order chi connectivity index (χ0) is 19.7. The molecule has 0 bridgehead atoms. The van der Waals surface area contributed by atoms with Gasteiger partial charge in [0.15, 0.2) is 9.84 Å². The fraction of sp³-hybridized carbons (Fsp3) is 0.130. The highest BCUT2D eigenvalue weighted by Gasteiger charge is 2.27. The average Bonchev–Trinajstić information content (AvgIpc) is 2.71. The summed E-state index contributed by atoms with van der Waals surface area (Å²) in [5.74, 6) is -0.376. The van der Waals surface area contributed by atoms with Crippen molar-refractivity contribution in [2.75, 3.05) is 10.7 Å². The van der Waals surface area contributed by atoms with E-state index >= 15 is 0 Å². The van der Waals surface area contributed by atoms with Crippen LogP contribution in [0.2, 0.25) is 0 Å². The maximum Gasteiger partial charge on any atom is 0.181 e. The van der Waals surface area contributed by atoms with E-state index in [4.69, 9.17) is 0 Å². The van der Waals surface area contributed by atoms with E-state index in [9.17, 15) is 12.8 Å². The van der Waals surface area contributed by atoms with Crippen molar-refractivity contribution >= 4 is 15.5 Å². The Morgan fingerprint density at radius 3 is 2.46 bits per heavy atom. The molecule has 0 amide bonds. The minimum atomic E-state index is -3.40. The second-order valence-electron chi connectivity index (χ2n) is 6.81. The molecule has 0 aliphatic carbocycles. The number of anilines is 1. The van der Waals surface area contributed by atoms with Crippen LogP contribution in [0.3, 0.4) is 0 Å². The Morgan fingerprint density at radius 1 is 0.964 bits per heavy atom. The van der Waals surface area contributed by atoms with Gasteiger partial charge in [0.25, 0.3) is 0 Å². The van der Waals surface area contributed by atoms with E-state index in [1.165, 1.54) is 6.07 Å². The number of sulfone groups is 1. The summed E-state index contributed by atoms with van der Waals surface area (Å²) in [5, 5.41) is 0. The van der Waals surface area contributed by atoms with Crippen molar-refractivity contribution in [3.8, 4) is 11.1 Å². The first-order valence-electron chi connectivity index (χ1n) is 9.09. The third-order valence-corrected chi connectivity index (χ3v) is 6.66. The summed E-state index contributed by atoms with van der Waals surface area (Å²) < 4.78 is 38.9. The van der Waals surface area contributed by atoms with Crippen molar-refractivity contribution < 1.29 is 12.8 Å². The molecule has 1 unspecified atom stereocenters. The fourth-order valence-electron chi connectivity index (χ4n) is 3.63. The lowest BCUT2D eigenvalue weighted by Gasteiger charge is -2.36. The Hall–Kier alpha value is -2.92. The summed E-state index contributed by atoms with van der Waals surface area (Å²) in [7, 11) is -3.40. The van der Waals surface area contributed by atoms with E-state index < -0.39 is 9.84 Å². The highest BCUT2D eigenvalue weighted by molar-refractivity contribution is 7.91. The number of para-hydroxylation sites is 1. The third-order valence-electron chi connectivity index (χ3n) is 5.04. The second kappa shape index (κ2) is 7.24. The Kier molecular flexibility index (Phi) is 4.77. The maximum absolute atomic E-state index is 13.9. The lowest BCUT2D eigenvalue weighted by Crippen LogP contribution is -2.25. The van der Waals surface area contributed by atoms with Gasteiger partial charge in [0.2, 0.25) is 0 Å². The van der Waals surface area contributed by atoms with Gasteiger partial charge in [-0.3, -0.25) is 0 Å². The molecule has 1 aliphatic rings. The van der Waals surface area contributed by atoms with E-state index in [1.807, 2.05) is 36.1 Å². The van der Waals surface area contributed by atoms with Gasteiger partial charge in [0, 0.05) is 17.5 Å². The van der Waals surface area contributed by atoms with Crippen LogP contribution in [0.5, 0.6) is 0 Å². The molecule has 3 nitrogen and oxygen atoms in total. The van der Waals surface area contributed by atoms with Crippen molar-refractivity contribution in [1.82, 2.24) is 0 Å². The maximum atomic E-state index is 13.9. The van der Waals surface area contributed by atoms with E-state index in [2.05, 4.69) is 0 Å². The zero-order valence-electron chi connectivity index (χ0n) is 15.4. The van der Waals surface area contributed by atoms with E-state index in [0.29, 0.717) is 4.90 Å². The van der Waals surface area contributed by atoms with Crippen LogP contribution in [-0.2, 0) is 9.84 Å². The highest BCUT2D eigenvalue weighted by atomic mass is 32.2.